The highest BCUT2D eigenvalue weighted by Crippen LogP contribution is 2.65. The van der Waals surface area contributed by atoms with Gasteiger partial charge in [-0.05, 0) is 81.5 Å². The van der Waals surface area contributed by atoms with Gasteiger partial charge in [0.2, 0.25) is 17.7 Å². The summed E-state index contributed by atoms with van der Waals surface area (Å²) in [5.74, 6) is -0.892. The van der Waals surface area contributed by atoms with Crippen LogP contribution in [0, 0.1) is 46.3 Å². The topological polar surface area (TPSA) is 159 Å². The molecule has 4 fully saturated rings. The first-order valence-electron chi connectivity index (χ1n) is 17.5. The molecule has 47 heavy (non-hydrogen) atoms. The van der Waals surface area contributed by atoms with Gasteiger partial charge in [-0.3, -0.25) is 19.2 Å². The van der Waals surface area contributed by atoms with Gasteiger partial charge in [0.05, 0.1) is 17.6 Å². The normalized spacial score (nSPS) is 26.5. The van der Waals surface area contributed by atoms with E-state index in [1.807, 2.05) is 19.9 Å². The maximum Gasteiger partial charge on any atom is 0.481 e. The van der Waals surface area contributed by atoms with Gasteiger partial charge in [0.1, 0.15) is 23.7 Å². The number of unbranched alkanes of at least 4 members (excludes halogenated alkanes) is 1. The molecule has 12 heteroatoms. The van der Waals surface area contributed by atoms with Crippen LogP contribution in [0.1, 0.15) is 108 Å². The highest BCUT2D eigenvalue weighted by molar-refractivity contribution is 6.48. The summed E-state index contributed by atoms with van der Waals surface area (Å²) in [6.45, 7) is 20.1. The first kappa shape index (κ1) is 38.5. The maximum atomic E-state index is 13.9. The van der Waals surface area contributed by atoms with Crippen LogP contribution in [-0.4, -0.2) is 67.0 Å². The summed E-state index contributed by atoms with van der Waals surface area (Å²) in [7, 11) is -0.601. The molecule has 0 spiro atoms. The molecule has 1 aliphatic heterocycles. The summed E-state index contributed by atoms with van der Waals surface area (Å²) in [6.07, 6.45) is 5.66. The Kier molecular flexibility index (Phi) is 13.1. The Labute approximate surface area is 282 Å². The maximum absolute atomic E-state index is 13.9. The number of nitriles is 1. The molecule has 0 aromatic rings. The number of nitrogens with one attached hydrogen (secondary N) is 4. The number of amides is 4. The second kappa shape index (κ2) is 16.0. The molecule has 3 saturated carbocycles. The van der Waals surface area contributed by atoms with E-state index in [-0.39, 0.29) is 46.7 Å². The van der Waals surface area contributed by atoms with Crippen LogP contribution >= 0.6 is 0 Å². The van der Waals surface area contributed by atoms with Crippen molar-refractivity contribution in [3.05, 3.63) is 11.6 Å². The summed E-state index contributed by atoms with van der Waals surface area (Å²) in [4.78, 5) is 51.7. The van der Waals surface area contributed by atoms with Crippen molar-refractivity contribution in [1.82, 2.24) is 21.3 Å². The smallest absolute Gasteiger partial charge is 0.404 e. The molecular formula is C35H58BN5O6. The molecule has 4 amide bonds. The van der Waals surface area contributed by atoms with E-state index in [4.69, 9.17) is 9.31 Å². The number of hydrogen-bond donors (Lipinski definition) is 4. The predicted octanol–water partition coefficient (Wildman–Crippen LogP) is 3.82. The molecule has 4 rings (SSSR count). The Hall–Kier alpha value is -2.91. The van der Waals surface area contributed by atoms with Gasteiger partial charge in [0.15, 0.2) is 0 Å². The summed E-state index contributed by atoms with van der Waals surface area (Å²) < 4.78 is 13.3. The van der Waals surface area contributed by atoms with E-state index in [1.54, 1.807) is 26.8 Å². The van der Waals surface area contributed by atoms with Crippen molar-refractivity contribution in [1.29, 1.82) is 5.26 Å². The van der Waals surface area contributed by atoms with Crippen molar-refractivity contribution in [3.8, 4) is 6.07 Å². The minimum absolute atomic E-state index is 0.0242. The molecule has 2 bridgehead atoms. The van der Waals surface area contributed by atoms with E-state index in [2.05, 4.69) is 55.9 Å². The van der Waals surface area contributed by atoms with Gasteiger partial charge >= 0.3 is 7.12 Å². The van der Waals surface area contributed by atoms with Crippen molar-refractivity contribution in [2.75, 3.05) is 6.54 Å². The van der Waals surface area contributed by atoms with E-state index in [0.717, 1.165) is 12.8 Å². The molecule has 7 atom stereocenters. The summed E-state index contributed by atoms with van der Waals surface area (Å²) in [5.41, 5.74) is -0.151. The molecule has 262 valence electrons. The number of allylic oxidation sites excluding steroid dienone is 1. The van der Waals surface area contributed by atoms with Gasteiger partial charge in [0.25, 0.3) is 5.91 Å². The van der Waals surface area contributed by atoms with Crippen LogP contribution in [0.5, 0.6) is 0 Å². The second-order valence-corrected chi connectivity index (χ2v) is 15.7. The number of carbonyl (C=O) groups is 4. The average Bonchev–Trinajstić information content (AvgIpc) is 3.35. The van der Waals surface area contributed by atoms with Gasteiger partial charge in [0, 0.05) is 12.5 Å². The van der Waals surface area contributed by atoms with Crippen LogP contribution in [0.2, 0.25) is 0 Å². The van der Waals surface area contributed by atoms with E-state index < -0.39 is 42.6 Å². The molecule has 1 heterocycles. The number of carbonyl (C=O) groups excluding carboxylic acids is 4. The van der Waals surface area contributed by atoms with E-state index in [9.17, 15) is 24.4 Å². The number of hydrogen-bond acceptors (Lipinski definition) is 7. The van der Waals surface area contributed by atoms with Gasteiger partial charge < -0.3 is 30.6 Å². The first-order chi connectivity index (χ1) is 21.9. The van der Waals surface area contributed by atoms with Crippen LogP contribution in [-0.2, 0) is 28.5 Å². The third-order valence-electron chi connectivity index (χ3n) is 10.3. The fraction of sp³-hybridized carbons (Fsp3) is 0.800. The van der Waals surface area contributed by atoms with Gasteiger partial charge in [-0.2, -0.15) is 5.26 Å². The lowest BCUT2D eigenvalue weighted by Gasteiger charge is -2.64. The molecule has 0 radical (unpaired) electrons. The van der Waals surface area contributed by atoms with Gasteiger partial charge in [-0.15, -0.1) is 0 Å². The summed E-state index contributed by atoms with van der Waals surface area (Å²) >= 11 is 0. The Morgan fingerprint density at radius 2 is 1.62 bits per heavy atom. The zero-order chi connectivity index (χ0) is 35.3. The largest absolute Gasteiger partial charge is 0.481 e. The average molecular weight is 656 g/mol. The van der Waals surface area contributed by atoms with Crippen LogP contribution in [0.15, 0.2) is 11.6 Å². The zero-order valence-corrected chi connectivity index (χ0v) is 30.2. The lowest BCUT2D eigenvalue weighted by Crippen LogP contribution is -2.65. The molecule has 4 N–H and O–H groups in total. The molecule has 3 aliphatic carbocycles. The standard InChI is InChI=1S/C35H58BN5O6/c1-20(2)15-24(19-37)32(44)38-14-12-11-13-26(40-31(43)23(7)39-30(42)22(5)6)33(45)41-29(16-21(3)4)36-46-28-18-25-17-27(34(25,8)9)35(28,10)47-36/h15,20-23,25-29H,11-14,16-18H2,1-10H3,(H,38,44)(H,39,42)(H,40,43)(H,41,45)/t23?,25-,26?,27-,28+,29?,35-/m0/s1. The fourth-order valence-corrected chi connectivity index (χ4v) is 7.38. The van der Waals surface area contributed by atoms with Gasteiger partial charge in [-0.25, -0.2) is 0 Å². The minimum Gasteiger partial charge on any atom is -0.404 e. The zero-order valence-electron chi connectivity index (χ0n) is 30.2. The quantitative estimate of drug-likeness (QED) is 0.0852. The molecule has 1 saturated heterocycles. The summed E-state index contributed by atoms with van der Waals surface area (Å²) in [5, 5.41) is 20.8. The lowest BCUT2D eigenvalue weighted by molar-refractivity contribution is -0.199. The van der Waals surface area contributed by atoms with Crippen LogP contribution in [0.25, 0.3) is 0 Å². The predicted molar refractivity (Wildman–Crippen MR) is 181 cm³/mol. The molecule has 11 nitrogen and oxygen atoms in total. The van der Waals surface area contributed by atoms with Crippen LogP contribution in [0.3, 0.4) is 0 Å². The van der Waals surface area contributed by atoms with E-state index in [1.165, 1.54) is 0 Å². The Morgan fingerprint density at radius 3 is 2.19 bits per heavy atom. The Morgan fingerprint density at radius 1 is 0.936 bits per heavy atom. The third-order valence-corrected chi connectivity index (χ3v) is 10.3. The van der Waals surface area contributed by atoms with Crippen molar-refractivity contribution >= 4 is 30.7 Å². The fourth-order valence-electron chi connectivity index (χ4n) is 7.38. The Bertz CT molecular complexity index is 1230. The first-order valence-corrected chi connectivity index (χ1v) is 17.5. The van der Waals surface area contributed by atoms with Crippen LogP contribution < -0.4 is 21.3 Å². The van der Waals surface area contributed by atoms with Gasteiger partial charge in [-0.1, -0.05) is 61.5 Å². The molecule has 0 aromatic carbocycles. The molecule has 0 aromatic heterocycles. The molecular weight excluding hydrogens is 597 g/mol. The monoisotopic (exact) mass is 655 g/mol. The SMILES string of the molecule is CC(C)C=C(C#N)C(=O)NCCCCC(NC(=O)C(C)NC(=O)C(C)C)C(=O)NC(CC(C)C)B1O[C@@H]2C[C@@H]3C[C@@H](C3(C)C)[C@]2(C)O1. The number of nitrogens with zero attached hydrogens (tertiary/aromatic N) is 1. The lowest BCUT2D eigenvalue weighted by atomic mass is 9.43. The number of rotatable bonds is 16. The van der Waals surface area contributed by atoms with Crippen molar-refractivity contribution in [3.63, 3.8) is 0 Å². The second-order valence-electron chi connectivity index (χ2n) is 15.7. The minimum atomic E-state index is -0.882. The van der Waals surface area contributed by atoms with Crippen LogP contribution in [0.4, 0.5) is 0 Å². The highest BCUT2D eigenvalue weighted by Gasteiger charge is 2.68. The van der Waals surface area contributed by atoms with Crippen molar-refractivity contribution < 1.29 is 28.5 Å². The van der Waals surface area contributed by atoms with Crippen molar-refractivity contribution in [2.45, 2.75) is 137 Å². The molecule has 4 aliphatic rings. The molecule has 3 unspecified atom stereocenters. The summed E-state index contributed by atoms with van der Waals surface area (Å²) in [6, 6.07) is 0.227. The van der Waals surface area contributed by atoms with Crippen molar-refractivity contribution in [2.24, 2.45) is 35.0 Å². The van der Waals surface area contributed by atoms with E-state index >= 15 is 0 Å². The third kappa shape index (κ3) is 9.38. The highest BCUT2D eigenvalue weighted by atomic mass is 16.7. The Balaban J connectivity index is 1.69. The van der Waals surface area contributed by atoms with E-state index in [0.29, 0.717) is 44.1 Å².